The number of ether oxygens (including phenoxy) is 1. The summed E-state index contributed by atoms with van der Waals surface area (Å²) in [6.07, 6.45) is 2.17. The molecule has 0 saturated heterocycles. The van der Waals surface area contributed by atoms with Crippen LogP contribution in [-0.2, 0) is 9.59 Å². The molecule has 2 aromatic rings. The summed E-state index contributed by atoms with van der Waals surface area (Å²) in [7, 11) is 1.60. The van der Waals surface area contributed by atoms with Gasteiger partial charge in [-0.05, 0) is 25.5 Å². The highest BCUT2D eigenvalue weighted by Crippen LogP contribution is 2.28. The van der Waals surface area contributed by atoms with Crippen molar-refractivity contribution in [3.8, 4) is 16.3 Å². The number of benzene rings is 1. The number of aromatic nitrogens is 2. The molecule has 2 N–H and O–H groups in total. The van der Waals surface area contributed by atoms with E-state index in [2.05, 4.69) is 20.8 Å². The maximum Gasteiger partial charge on any atom is 0.248 e. The molecule has 0 fully saturated rings. The standard InChI is InChI=1S/C17H22N4O3S/c1-4-5-9-14(22)18-11(2)15(23)19-17-21-20-16(25-17)12-7-6-8-13(10-12)24-3/h6-8,10-11H,4-5,9H2,1-3H3,(H,18,22)(H,19,21,23)/t11-/m0/s1. The van der Waals surface area contributed by atoms with Crippen LogP contribution in [0.25, 0.3) is 10.6 Å². The van der Waals surface area contributed by atoms with Crippen molar-refractivity contribution in [1.29, 1.82) is 0 Å². The molecule has 1 heterocycles. The highest BCUT2D eigenvalue weighted by Gasteiger charge is 2.17. The van der Waals surface area contributed by atoms with E-state index in [4.69, 9.17) is 4.74 Å². The number of hydrogen-bond acceptors (Lipinski definition) is 6. The molecule has 0 spiro atoms. The largest absolute Gasteiger partial charge is 0.497 e. The van der Waals surface area contributed by atoms with Gasteiger partial charge < -0.3 is 10.1 Å². The second kappa shape index (κ2) is 9.12. The normalized spacial score (nSPS) is 11.6. The van der Waals surface area contributed by atoms with Crippen LogP contribution in [0.15, 0.2) is 24.3 Å². The van der Waals surface area contributed by atoms with Gasteiger partial charge in [0.05, 0.1) is 7.11 Å². The van der Waals surface area contributed by atoms with E-state index in [0.29, 0.717) is 16.6 Å². The summed E-state index contributed by atoms with van der Waals surface area (Å²) < 4.78 is 5.19. The lowest BCUT2D eigenvalue weighted by atomic mass is 10.2. The van der Waals surface area contributed by atoms with Crippen molar-refractivity contribution in [1.82, 2.24) is 15.5 Å². The molecular formula is C17H22N4O3S. The third kappa shape index (κ3) is 5.53. The van der Waals surface area contributed by atoms with Gasteiger partial charge in [0.15, 0.2) is 0 Å². The smallest absolute Gasteiger partial charge is 0.248 e. The Kier molecular flexibility index (Phi) is 6.88. The van der Waals surface area contributed by atoms with Crippen LogP contribution in [0, 0.1) is 0 Å². The van der Waals surface area contributed by atoms with Crippen LogP contribution in [0.3, 0.4) is 0 Å². The second-order valence-electron chi connectivity index (χ2n) is 5.53. The minimum absolute atomic E-state index is 0.126. The number of carbonyl (C=O) groups is 2. The minimum Gasteiger partial charge on any atom is -0.497 e. The van der Waals surface area contributed by atoms with Crippen LogP contribution in [0.2, 0.25) is 0 Å². The first kappa shape index (κ1) is 18.9. The minimum atomic E-state index is -0.631. The van der Waals surface area contributed by atoms with Crippen molar-refractivity contribution < 1.29 is 14.3 Å². The summed E-state index contributed by atoms with van der Waals surface area (Å²) in [5.41, 5.74) is 0.860. The third-order valence-electron chi connectivity index (χ3n) is 3.50. The molecule has 0 bridgehead atoms. The van der Waals surface area contributed by atoms with Gasteiger partial charge in [-0.2, -0.15) is 0 Å². The van der Waals surface area contributed by atoms with Crippen molar-refractivity contribution in [3.63, 3.8) is 0 Å². The van der Waals surface area contributed by atoms with Gasteiger partial charge in [0.25, 0.3) is 0 Å². The zero-order chi connectivity index (χ0) is 18.2. The Morgan fingerprint density at radius 2 is 2.12 bits per heavy atom. The van der Waals surface area contributed by atoms with Gasteiger partial charge >= 0.3 is 0 Å². The van der Waals surface area contributed by atoms with E-state index in [0.717, 1.165) is 24.2 Å². The van der Waals surface area contributed by atoms with E-state index in [1.807, 2.05) is 31.2 Å². The van der Waals surface area contributed by atoms with E-state index < -0.39 is 6.04 Å². The zero-order valence-corrected chi connectivity index (χ0v) is 15.4. The lowest BCUT2D eigenvalue weighted by molar-refractivity contribution is -0.126. The summed E-state index contributed by atoms with van der Waals surface area (Å²) in [5.74, 6) is 0.277. The SMILES string of the molecule is CCCCC(=O)N[C@@H](C)C(=O)Nc1nnc(-c2cccc(OC)c2)s1. The molecule has 8 heteroatoms. The molecule has 0 saturated carbocycles. The van der Waals surface area contributed by atoms with Gasteiger partial charge in [-0.15, -0.1) is 10.2 Å². The lowest BCUT2D eigenvalue weighted by Crippen LogP contribution is -2.41. The fraction of sp³-hybridized carbons (Fsp3) is 0.412. The highest BCUT2D eigenvalue weighted by molar-refractivity contribution is 7.18. The van der Waals surface area contributed by atoms with Crippen LogP contribution in [0.5, 0.6) is 5.75 Å². The molecule has 0 aliphatic rings. The first-order valence-corrected chi connectivity index (χ1v) is 8.93. The molecule has 1 atom stereocenters. The first-order valence-electron chi connectivity index (χ1n) is 8.11. The number of unbranched alkanes of at least 4 members (excludes halogenated alkanes) is 1. The Morgan fingerprint density at radius 1 is 1.32 bits per heavy atom. The van der Waals surface area contributed by atoms with Gasteiger partial charge in [0.1, 0.15) is 16.8 Å². The number of nitrogens with one attached hydrogen (secondary N) is 2. The highest BCUT2D eigenvalue weighted by atomic mass is 32.1. The van der Waals surface area contributed by atoms with Crippen LogP contribution in [0.1, 0.15) is 33.1 Å². The summed E-state index contributed by atoms with van der Waals surface area (Å²) in [6, 6.07) is 6.82. The summed E-state index contributed by atoms with van der Waals surface area (Å²) >= 11 is 1.26. The van der Waals surface area contributed by atoms with E-state index >= 15 is 0 Å². The Labute approximate surface area is 150 Å². The number of nitrogens with zero attached hydrogens (tertiary/aromatic N) is 2. The van der Waals surface area contributed by atoms with Crippen LogP contribution in [-0.4, -0.2) is 35.2 Å². The zero-order valence-electron chi connectivity index (χ0n) is 14.5. The van der Waals surface area contributed by atoms with Crippen molar-refractivity contribution in [2.45, 2.75) is 39.2 Å². The maximum absolute atomic E-state index is 12.2. The predicted octanol–water partition coefficient (Wildman–Crippen LogP) is 2.85. The molecule has 0 unspecified atom stereocenters. The Hall–Kier alpha value is -2.48. The summed E-state index contributed by atoms with van der Waals surface area (Å²) in [6.45, 7) is 3.65. The molecule has 2 rings (SSSR count). The van der Waals surface area contributed by atoms with Gasteiger partial charge in [-0.1, -0.05) is 36.8 Å². The third-order valence-corrected chi connectivity index (χ3v) is 4.39. The van der Waals surface area contributed by atoms with E-state index in [1.165, 1.54) is 11.3 Å². The predicted molar refractivity (Wildman–Crippen MR) is 97.7 cm³/mol. The molecule has 0 radical (unpaired) electrons. The number of rotatable bonds is 8. The molecule has 7 nitrogen and oxygen atoms in total. The summed E-state index contributed by atoms with van der Waals surface area (Å²) in [4.78, 5) is 23.9. The Bertz CT molecular complexity index is 732. The second-order valence-corrected chi connectivity index (χ2v) is 6.50. The van der Waals surface area contributed by atoms with E-state index in [-0.39, 0.29) is 11.8 Å². The van der Waals surface area contributed by atoms with Crippen LogP contribution >= 0.6 is 11.3 Å². The fourth-order valence-corrected chi connectivity index (χ4v) is 2.82. The topological polar surface area (TPSA) is 93.2 Å². The van der Waals surface area contributed by atoms with Crippen molar-refractivity contribution in [3.05, 3.63) is 24.3 Å². The molecule has 2 amide bonds. The number of amides is 2. The quantitative estimate of drug-likeness (QED) is 0.753. The van der Waals surface area contributed by atoms with Gasteiger partial charge in [0, 0.05) is 12.0 Å². The Balaban J connectivity index is 1.95. The molecule has 134 valence electrons. The van der Waals surface area contributed by atoms with Crippen molar-refractivity contribution in [2.24, 2.45) is 0 Å². The van der Waals surface area contributed by atoms with E-state index in [1.54, 1.807) is 14.0 Å². The summed E-state index contributed by atoms with van der Waals surface area (Å²) in [5, 5.41) is 14.5. The molecule has 1 aromatic heterocycles. The average Bonchev–Trinajstić information content (AvgIpc) is 3.08. The van der Waals surface area contributed by atoms with Gasteiger partial charge in [-0.25, -0.2) is 0 Å². The van der Waals surface area contributed by atoms with Crippen molar-refractivity contribution >= 4 is 28.3 Å². The lowest BCUT2D eigenvalue weighted by Gasteiger charge is -2.12. The van der Waals surface area contributed by atoms with Crippen LogP contribution in [0.4, 0.5) is 5.13 Å². The number of hydrogen-bond donors (Lipinski definition) is 2. The number of anilines is 1. The van der Waals surface area contributed by atoms with E-state index in [9.17, 15) is 9.59 Å². The van der Waals surface area contributed by atoms with Gasteiger partial charge in [-0.3, -0.25) is 14.9 Å². The number of carbonyl (C=O) groups excluding carboxylic acids is 2. The monoisotopic (exact) mass is 362 g/mol. The molecular weight excluding hydrogens is 340 g/mol. The maximum atomic E-state index is 12.2. The first-order chi connectivity index (χ1) is 12.0. The molecule has 1 aromatic carbocycles. The average molecular weight is 362 g/mol. The molecule has 0 aliphatic heterocycles. The van der Waals surface area contributed by atoms with Crippen molar-refractivity contribution in [2.75, 3.05) is 12.4 Å². The van der Waals surface area contributed by atoms with Crippen LogP contribution < -0.4 is 15.4 Å². The molecule has 25 heavy (non-hydrogen) atoms. The Morgan fingerprint density at radius 3 is 2.84 bits per heavy atom. The van der Waals surface area contributed by atoms with Gasteiger partial charge in [0.2, 0.25) is 16.9 Å². The fourth-order valence-electron chi connectivity index (χ4n) is 2.08. The number of methoxy groups -OCH3 is 1. The molecule has 0 aliphatic carbocycles.